The van der Waals surface area contributed by atoms with Crippen LogP contribution in [0.3, 0.4) is 0 Å². The van der Waals surface area contributed by atoms with E-state index < -0.39 is 5.97 Å². The molecule has 100 valence electrons. The van der Waals surface area contributed by atoms with Crippen molar-refractivity contribution in [1.29, 1.82) is 0 Å². The molecule has 0 amide bonds. The molecule has 0 aromatic carbocycles. The third kappa shape index (κ3) is 2.20. The molecule has 1 fully saturated rings. The number of likely N-dealkylation sites (N-methyl/N-ethyl adjacent to an activating group) is 1. The molecule has 2 heterocycles. The quantitative estimate of drug-likeness (QED) is 0.800. The van der Waals surface area contributed by atoms with Crippen molar-refractivity contribution < 1.29 is 9.53 Å². The summed E-state index contributed by atoms with van der Waals surface area (Å²) >= 11 is 0. The van der Waals surface area contributed by atoms with Crippen LogP contribution in [0.1, 0.15) is 29.2 Å². The summed E-state index contributed by atoms with van der Waals surface area (Å²) in [6.07, 6.45) is 2.36. The normalized spacial score (nSPS) is 20.3. The van der Waals surface area contributed by atoms with Crippen LogP contribution < -0.4 is 5.73 Å². The lowest BCUT2D eigenvalue weighted by Gasteiger charge is -2.21. The van der Waals surface area contributed by atoms with E-state index in [4.69, 9.17) is 5.73 Å². The minimum atomic E-state index is -0.478. The Kier molecular flexibility index (Phi) is 3.56. The standard InChI is InChI=1S/C12H20N4O2/c1-8-14-10(12(17)18-3)11(13)16(8)7-9-5-4-6-15(9)2/h9H,4-7,13H2,1-3H3. The molecule has 6 nitrogen and oxygen atoms in total. The number of esters is 1. The van der Waals surface area contributed by atoms with Crippen molar-refractivity contribution in [3.63, 3.8) is 0 Å². The Balaban J connectivity index is 2.23. The molecule has 0 spiro atoms. The fourth-order valence-electron chi connectivity index (χ4n) is 2.48. The van der Waals surface area contributed by atoms with Crippen LogP contribution in [-0.4, -0.2) is 47.2 Å². The second-order valence-electron chi connectivity index (χ2n) is 4.77. The molecule has 2 rings (SSSR count). The van der Waals surface area contributed by atoms with E-state index in [9.17, 15) is 4.79 Å². The van der Waals surface area contributed by atoms with Crippen molar-refractivity contribution in [3.05, 3.63) is 11.5 Å². The van der Waals surface area contributed by atoms with E-state index in [0.717, 1.165) is 25.3 Å². The number of nitrogen functional groups attached to an aromatic ring is 1. The third-order valence-electron chi connectivity index (χ3n) is 3.64. The number of aryl methyl sites for hydroxylation is 1. The van der Waals surface area contributed by atoms with Gasteiger partial charge >= 0.3 is 5.97 Å². The van der Waals surface area contributed by atoms with Gasteiger partial charge < -0.3 is 19.9 Å². The number of imidazole rings is 1. The van der Waals surface area contributed by atoms with Gasteiger partial charge in [0, 0.05) is 12.6 Å². The van der Waals surface area contributed by atoms with Crippen molar-refractivity contribution in [2.75, 3.05) is 26.4 Å². The lowest BCUT2D eigenvalue weighted by Crippen LogP contribution is -2.30. The number of carbonyl (C=O) groups excluding carboxylic acids is 1. The summed E-state index contributed by atoms with van der Waals surface area (Å²) in [5.74, 6) is 0.682. The number of rotatable bonds is 3. The molecule has 0 saturated carbocycles. The van der Waals surface area contributed by atoms with Crippen LogP contribution in [0.5, 0.6) is 0 Å². The summed E-state index contributed by atoms with van der Waals surface area (Å²) in [7, 11) is 3.45. The van der Waals surface area contributed by atoms with E-state index in [1.165, 1.54) is 13.5 Å². The molecule has 1 unspecified atom stereocenters. The Bertz CT molecular complexity index is 455. The number of likely N-dealkylation sites (tertiary alicyclic amines) is 1. The predicted octanol–water partition coefficient (Wildman–Crippen LogP) is 0.655. The minimum absolute atomic E-state index is 0.218. The van der Waals surface area contributed by atoms with Gasteiger partial charge in [-0.2, -0.15) is 0 Å². The average Bonchev–Trinajstić information content (AvgIpc) is 2.87. The van der Waals surface area contributed by atoms with E-state index in [-0.39, 0.29) is 5.69 Å². The largest absolute Gasteiger partial charge is 0.464 e. The number of nitrogens with two attached hydrogens (primary N) is 1. The molecule has 6 heteroatoms. The van der Waals surface area contributed by atoms with E-state index in [1.54, 1.807) is 0 Å². The topological polar surface area (TPSA) is 73.4 Å². The number of aromatic nitrogens is 2. The maximum Gasteiger partial charge on any atom is 0.360 e. The third-order valence-corrected chi connectivity index (χ3v) is 3.64. The van der Waals surface area contributed by atoms with E-state index in [0.29, 0.717) is 11.9 Å². The first-order valence-corrected chi connectivity index (χ1v) is 6.15. The monoisotopic (exact) mass is 252 g/mol. The summed E-state index contributed by atoms with van der Waals surface area (Å²) < 4.78 is 6.57. The van der Waals surface area contributed by atoms with Crippen LogP contribution in [0, 0.1) is 6.92 Å². The smallest absolute Gasteiger partial charge is 0.360 e. The van der Waals surface area contributed by atoms with Crippen LogP contribution in [0.4, 0.5) is 5.82 Å². The van der Waals surface area contributed by atoms with Gasteiger partial charge in [0.25, 0.3) is 0 Å². The van der Waals surface area contributed by atoms with Gasteiger partial charge in [0.1, 0.15) is 11.6 Å². The van der Waals surface area contributed by atoms with Crippen LogP contribution in [-0.2, 0) is 11.3 Å². The lowest BCUT2D eigenvalue weighted by atomic mass is 10.2. The van der Waals surface area contributed by atoms with Crippen molar-refractivity contribution in [1.82, 2.24) is 14.5 Å². The number of carbonyl (C=O) groups is 1. The first kappa shape index (κ1) is 12.9. The summed E-state index contributed by atoms with van der Waals surface area (Å²) in [5, 5.41) is 0. The maximum absolute atomic E-state index is 11.5. The zero-order valence-corrected chi connectivity index (χ0v) is 11.1. The molecule has 0 aliphatic carbocycles. The molecule has 1 atom stereocenters. The number of methoxy groups -OCH3 is 1. The van der Waals surface area contributed by atoms with Crippen molar-refractivity contribution in [2.45, 2.75) is 32.4 Å². The second kappa shape index (κ2) is 4.97. The Morgan fingerprint density at radius 3 is 2.89 bits per heavy atom. The summed E-state index contributed by atoms with van der Waals surface area (Å²) in [6, 6.07) is 0.464. The highest BCUT2D eigenvalue weighted by Crippen LogP contribution is 2.21. The number of hydrogen-bond donors (Lipinski definition) is 1. The highest BCUT2D eigenvalue weighted by molar-refractivity contribution is 5.92. The lowest BCUT2D eigenvalue weighted by molar-refractivity contribution is 0.0595. The second-order valence-corrected chi connectivity index (χ2v) is 4.77. The van der Waals surface area contributed by atoms with Crippen molar-refractivity contribution >= 4 is 11.8 Å². The zero-order chi connectivity index (χ0) is 13.3. The Morgan fingerprint density at radius 2 is 2.33 bits per heavy atom. The Hall–Kier alpha value is -1.56. The van der Waals surface area contributed by atoms with Gasteiger partial charge in [0.05, 0.1) is 7.11 Å². The average molecular weight is 252 g/mol. The summed E-state index contributed by atoms with van der Waals surface area (Å²) in [6.45, 7) is 3.75. The SMILES string of the molecule is COC(=O)c1nc(C)n(CC2CCCN2C)c1N. The van der Waals surface area contributed by atoms with Crippen LogP contribution in [0.25, 0.3) is 0 Å². The molecule has 1 aliphatic heterocycles. The van der Waals surface area contributed by atoms with Gasteiger partial charge in [-0.25, -0.2) is 9.78 Å². The molecule has 1 saturated heterocycles. The summed E-state index contributed by atoms with van der Waals surface area (Å²) in [5.41, 5.74) is 6.20. The van der Waals surface area contributed by atoms with E-state index in [2.05, 4.69) is 21.7 Å². The predicted molar refractivity (Wildman–Crippen MR) is 68.4 cm³/mol. The van der Waals surface area contributed by atoms with Crippen molar-refractivity contribution in [2.24, 2.45) is 0 Å². The first-order valence-electron chi connectivity index (χ1n) is 6.15. The minimum Gasteiger partial charge on any atom is -0.464 e. The van der Waals surface area contributed by atoms with Gasteiger partial charge in [-0.05, 0) is 33.4 Å². The molecule has 1 aromatic heterocycles. The van der Waals surface area contributed by atoms with Gasteiger partial charge in [-0.1, -0.05) is 0 Å². The van der Waals surface area contributed by atoms with E-state index >= 15 is 0 Å². The number of ether oxygens (including phenoxy) is 1. The van der Waals surface area contributed by atoms with Crippen LogP contribution in [0.2, 0.25) is 0 Å². The molecule has 0 radical (unpaired) electrons. The number of anilines is 1. The van der Waals surface area contributed by atoms with Gasteiger partial charge in [-0.15, -0.1) is 0 Å². The molecule has 2 N–H and O–H groups in total. The first-order chi connectivity index (χ1) is 8.54. The van der Waals surface area contributed by atoms with Gasteiger partial charge in [-0.3, -0.25) is 0 Å². The van der Waals surface area contributed by atoms with E-state index in [1.807, 2.05) is 11.5 Å². The molecule has 0 bridgehead atoms. The fraction of sp³-hybridized carbons (Fsp3) is 0.667. The summed E-state index contributed by atoms with van der Waals surface area (Å²) in [4.78, 5) is 18.0. The Morgan fingerprint density at radius 1 is 1.61 bits per heavy atom. The highest BCUT2D eigenvalue weighted by Gasteiger charge is 2.25. The number of hydrogen-bond acceptors (Lipinski definition) is 5. The van der Waals surface area contributed by atoms with Gasteiger partial charge in [0.15, 0.2) is 5.69 Å². The molecular weight excluding hydrogens is 232 g/mol. The van der Waals surface area contributed by atoms with Crippen LogP contribution in [0.15, 0.2) is 0 Å². The van der Waals surface area contributed by atoms with Gasteiger partial charge in [0.2, 0.25) is 0 Å². The van der Waals surface area contributed by atoms with Crippen molar-refractivity contribution in [3.8, 4) is 0 Å². The number of nitrogens with zero attached hydrogens (tertiary/aromatic N) is 3. The highest BCUT2D eigenvalue weighted by atomic mass is 16.5. The molecule has 1 aliphatic rings. The zero-order valence-electron chi connectivity index (χ0n) is 11.1. The maximum atomic E-state index is 11.5. The fourth-order valence-corrected chi connectivity index (χ4v) is 2.48. The molecule has 18 heavy (non-hydrogen) atoms. The van der Waals surface area contributed by atoms with Crippen LogP contribution >= 0.6 is 0 Å². The molecule has 1 aromatic rings. The Labute approximate surface area is 107 Å². The molecular formula is C12H20N4O2.